The number of aromatic nitrogens is 3. The van der Waals surface area contributed by atoms with Gasteiger partial charge in [-0.1, -0.05) is 5.21 Å². The highest BCUT2D eigenvalue weighted by atomic mass is 16.1. The van der Waals surface area contributed by atoms with Gasteiger partial charge in [0.2, 0.25) is 5.91 Å². The molecular formula is C11H16N4O. The van der Waals surface area contributed by atoms with E-state index in [0.717, 1.165) is 18.2 Å². The number of hydrogen-bond donors (Lipinski definition) is 1. The van der Waals surface area contributed by atoms with Crippen molar-refractivity contribution in [2.24, 2.45) is 11.7 Å². The van der Waals surface area contributed by atoms with Gasteiger partial charge in [-0.05, 0) is 31.6 Å². The van der Waals surface area contributed by atoms with Gasteiger partial charge in [-0.3, -0.25) is 4.79 Å². The predicted molar refractivity (Wildman–Crippen MR) is 57.6 cm³/mol. The van der Waals surface area contributed by atoms with Gasteiger partial charge < -0.3 is 5.73 Å². The van der Waals surface area contributed by atoms with E-state index >= 15 is 0 Å². The summed E-state index contributed by atoms with van der Waals surface area (Å²) in [7, 11) is 0. The van der Waals surface area contributed by atoms with E-state index in [0.29, 0.717) is 5.92 Å². The predicted octanol–water partition coefficient (Wildman–Crippen LogP) is 0.593. The third kappa shape index (κ3) is 1.94. The summed E-state index contributed by atoms with van der Waals surface area (Å²) < 4.78 is 2.01. The molecule has 0 aromatic carbocycles. The maximum absolute atomic E-state index is 11.0. The van der Waals surface area contributed by atoms with Crippen LogP contribution in [0.4, 0.5) is 0 Å². The SMILES string of the molecule is NC(=O)Cc1nnn(CC2CC2)c1C1CC1. The molecule has 1 amide bonds. The number of nitrogens with two attached hydrogens (primary N) is 1. The molecule has 2 saturated carbocycles. The first-order valence-corrected chi connectivity index (χ1v) is 5.94. The molecule has 1 heterocycles. The highest BCUT2D eigenvalue weighted by Crippen LogP contribution is 2.42. The van der Waals surface area contributed by atoms with Crippen molar-refractivity contribution >= 4 is 5.91 Å². The molecule has 0 saturated heterocycles. The number of nitrogens with zero attached hydrogens (tertiary/aromatic N) is 3. The van der Waals surface area contributed by atoms with Gasteiger partial charge in [0, 0.05) is 12.5 Å². The number of hydrogen-bond acceptors (Lipinski definition) is 3. The van der Waals surface area contributed by atoms with Crippen molar-refractivity contribution < 1.29 is 4.79 Å². The molecule has 2 aliphatic rings. The summed E-state index contributed by atoms with van der Waals surface area (Å²) in [5, 5.41) is 8.28. The lowest BCUT2D eigenvalue weighted by molar-refractivity contribution is -0.117. The Kier molecular flexibility index (Phi) is 2.19. The molecule has 0 radical (unpaired) electrons. The zero-order valence-corrected chi connectivity index (χ0v) is 9.22. The number of amides is 1. The number of primary amides is 1. The summed E-state index contributed by atoms with van der Waals surface area (Å²) in [6.45, 7) is 0.970. The van der Waals surface area contributed by atoms with E-state index in [9.17, 15) is 4.79 Å². The Hall–Kier alpha value is -1.39. The van der Waals surface area contributed by atoms with Crippen LogP contribution < -0.4 is 5.73 Å². The Balaban J connectivity index is 1.85. The molecule has 1 aromatic rings. The lowest BCUT2D eigenvalue weighted by Crippen LogP contribution is -2.15. The molecule has 86 valence electrons. The first kappa shape index (κ1) is 9.81. The summed E-state index contributed by atoms with van der Waals surface area (Å²) in [6, 6.07) is 0. The molecule has 3 rings (SSSR count). The van der Waals surface area contributed by atoms with Crippen molar-refractivity contribution in [1.29, 1.82) is 0 Å². The number of carbonyl (C=O) groups is 1. The highest BCUT2D eigenvalue weighted by Gasteiger charge is 2.33. The molecule has 2 N–H and O–H groups in total. The third-order valence-electron chi connectivity index (χ3n) is 3.28. The van der Waals surface area contributed by atoms with Gasteiger partial charge in [0.15, 0.2) is 0 Å². The van der Waals surface area contributed by atoms with E-state index in [1.54, 1.807) is 0 Å². The number of carbonyl (C=O) groups excluding carboxylic acids is 1. The fourth-order valence-corrected chi connectivity index (χ4v) is 2.13. The fraction of sp³-hybridized carbons (Fsp3) is 0.727. The first-order chi connectivity index (χ1) is 7.74. The van der Waals surface area contributed by atoms with Crippen LogP contribution in [0.2, 0.25) is 0 Å². The monoisotopic (exact) mass is 220 g/mol. The molecule has 0 bridgehead atoms. The third-order valence-corrected chi connectivity index (χ3v) is 3.28. The van der Waals surface area contributed by atoms with Gasteiger partial charge in [-0.25, -0.2) is 4.68 Å². The van der Waals surface area contributed by atoms with Crippen LogP contribution >= 0.6 is 0 Å². The smallest absolute Gasteiger partial charge is 0.223 e. The zero-order valence-electron chi connectivity index (χ0n) is 9.22. The van der Waals surface area contributed by atoms with Crippen LogP contribution in [0.5, 0.6) is 0 Å². The van der Waals surface area contributed by atoms with Crippen molar-refractivity contribution in [3.8, 4) is 0 Å². The maximum atomic E-state index is 11.0. The number of rotatable bonds is 5. The zero-order chi connectivity index (χ0) is 11.1. The molecule has 0 aliphatic heterocycles. The molecular weight excluding hydrogens is 204 g/mol. The standard InChI is InChI=1S/C11H16N4O/c12-10(16)5-9-11(8-3-4-8)15(14-13-9)6-7-1-2-7/h7-8H,1-6H2,(H2,12,16). The van der Waals surface area contributed by atoms with Crippen LogP contribution in [-0.2, 0) is 17.8 Å². The summed E-state index contributed by atoms with van der Waals surface area (Å²) >= 11 is 0. The second kappa shape index (κ2) is 3.57. The Labute approximate surface area is 94.0 Å². The van der Waals surface area contributed by atoms with E-state index in [1.165, 1.54) is 31.4 Å². The minimum atomic E-state index is -0.319. The topological polar surface area (TPSA) is 73.8 Å². The van der Waals surface area contributed by atoms with Crippen LogP contribution in [0, 0.1) is 5.92 Å². The van der Waals surface area contributed by atoms with Crippen LogP contribution in [0.1, 0.15) is 43.0 Å². The van der Waals surface area contributed by atoms with E-state index in [4.69, 9.17) is 5.73 Å². The van der Waals surface area contributed by atoms with Crippen LogP contribution in [0.3, 0.4) is 0 Å². The highest BCUT2D eigenvalue weighted by molar-refractivity contribution is 5.76. The Morgan fingerprint density at radius 2 is 2.12 bits per heavy atom. The lowest BCUT2D eigenvalue weighted by atomic mass is 10.1. The van der Waals surface area contributed by atoms with Gasteiger partial charge in [-0.15, -0.1) is 5.10 Å². The second-order valence-corrected chi connectivity index (χ2v) is 4.96. The first-order valence-electron chi connectivity index (χ1n) is 5.94. The summed E-state index contributed by atoms with van der Waals surface area (Å²) in [4.78, 5) is 11.0. The average Bonchev–Trinajstić information content (AvgIpc) is 3.08. The van der Waals surface area contributed by atoms with Gasteiger partial charge in [0.25, 0.3) is 0 Å². The Morgan fingerprint density at radius 3 is 2.69 bits per heavy atom. The Bertz CT molecular complexity index is 418. The molecule has 0 spiro atoms. The normalized spacial score (nSPS) is 20.0. The molecule has 0 unspecified atom stereocenters. The average molecular weight is 220 g/mol. The van der Waals surface area contributed by atoms with E-state index in [1.807, 2.05) is 4.68 Å². The molecule has 2 fully saturated rings. The summed E-state index contributed by atoms with van der Waals surface area (Å²) in [6.07, 6.45) is 5.23. The quantitative estimate of drug-likeness (QED) is 0.789. The van der Waals surface area contributed by atoms with Crippen molar-refractivity contribution in [2.45, 2.75) is 44.6 Å². The maximum Gasteiger partial charge on any atom is 0.223 e. The minimum Gasteiger partial charge on any atom is -0.369 e. The van der Waals surface area contributed by atoms with Crippen LogP contribution in [0.15, 0.2) is 0 Å². The van der Waals surface area contributed by atoms with E-state index < -0.39 is 0 Å². The summed E-state index contributed by atoms with van der Waals surface area (Å²) in [5.41, 5.74) is 7.19. The van der Waals surface area contributed by atoms with Crippen molar-refractivity contribution in [3.05, 3.63) is 11.4 Å². The molecule has 2 aliphatic carbocycles. The van der Waals surface area contributed by atoms with Crippen LogP contribution in [-0.4, -0.2) is 20.9 Å². The molecule has 0 atom stereocenters. The van der Waals surface area contributed by atoms with Crippen molar-refractivity contribution in [1.82, 2.24) is 15.0 Å². The van der Waals surface area contributed by atoms with Gasteiger partial charge >= 0.3 is 0 Å². The minimum absolute atomic E-state index is 0.233. The molecule has 5 heteroatoms. The Morgan fingerprint density at radius 1 is 1.38 bits per heavy atom. The molecule has 1 aromatic heterocycles. The molecule has 5 nitrogen and oxygen atoms in total. The van der Waals surface area contributed by atoms with Crippen molar-refractivity contribution in [2.75, 3.05) is 0 Å². The summed E-state index contributed by atoms with van der Waals surface area (Å²) in [5.74, 6) is 1.03. The second-order valence-electron chi connectivity index (χ2n) is 4.96. The van der Waals surface area contributed by atoms with E-state index in [-0.39, 0.29) is 12.3 Å². The van der Waals surface area contributed by atoms with Crippen LogP contribution in [0.25, 0.3) is 0 Å². The van der Waals surface area contributed by atoms with Gasteiger partial charge in [0.05, 0.1) is 17.8 Å². The van der Waals surface area contributed by atoms with Gasteiger partial charge in [0.1, 0.15) is 0 Å². The van der Waals surface area contributed by atoms with E-state index in [2.05, 4.69) is 10.3 Å². The van der Waals surface area contributed by atoms with Crippen molar-refractivity contribution in [3.63, 3.8) is 0 Å². The molecule has 16 heavy (non-hydrogen) atoms. The van der Waals surface area contributed by atoms with Gasteiger partial charge in [-0.2, -0.15) is 0 Å². The fourth-order valence-electron chi connectivity index (χ4n) is 2.13. The largest absolute Gasteiger partial charge is 0.369 e. The lowest BCUT2D eigenvalue weighted by Gasteiger charge is -2.05.